The van der Waals surface area contributed by atoms with Crippen LogP contribution < -0.4 is 15.1 Å². The first-order chi connectivity index (χ1) is 11.2. The van der Waals surface area contributed by atoms with Gasteiger partial charge in [0.25, 0.3) is 0 Å². The number of hydrogen-bond acceptors (Lipinski definition) is 7. The van der Waals surface area contributed by atoms with E-state index >= 15 is 0 Å². The summed E-state index contributed by atoms with van der Waals surface area (Å²) < 4.78 is 0. The first-order valence-electron chi connectivity index (χ1n) is 7.98. The summed E-state index contributed by atoms with van der Waals surface area (Å²) in [7, 11) is 3.88. The van der Waals surface area contributed by atoms with Crippen LogP contribution >= 0.6 is 0 Å². The second kappa shape index (κ2) is 6.76. The van der Waals surface area contributed by atoms with Gasteiger partial charge in [0, 0.05) is 51.8 Å². The number of aromatic nitrogens is 4. The van der Waals surface area contributed by atoms with E-state index in [1.54, 1.807) is 6.20 Å². The van der Waals surface area contributed by atoms with Gasteiger partial charge in [-0.15, -0.1) is 0 Å². The van der Waals surface area contributed by atoms with Crippen LogP contribution in [0.3, 0.4) is 0 Å². The van der Waals surface area contributed by atoms with Crippen LogP contribution in [0.4, 0.5) is 17.7 Å². The summed E-state index contributed by atoms with van der Waals surface area (Å²) in [6, 6.07) is 2.25. The Morgan fingerprint density at radius 3 is 2.74 bits per heavy atom. The number of hydrogen-bond donors (Lipinski definition) is 1. The Bertz CT molecular complexity index is 641. The van der Waals surface area contributed by atoms with Gasteiger partial charge in [0.15, 0.2) is 0 Å². The molecule has 7 heteroatoms. The van der Waals surface area contributed by atoms with Crippen LogP contribution in [0.5, 0.6) is 0 Å². The third-order valence-electron chi connectivity index (χ3n) is 3.97. The molecule has 3 rings (SSSR count). The lowest BCUT2D eigenvalue weighted by atomic mass is 10.2. The second-order valence-electron chi connectivity index (χ2n) is 5.96. The van der Waals surface area contributed by atoms with Crippen LogP contribution in [-0.4, -0.2) is 53.2 Å². The molecule has 1 aliphatic rings. The summed E-state index contributed by atoms with van der Waals surface area (Å²) >= 11 is 0. The molecule has 1 fully saturated rings. The predicted octanol–water partition coefficient (Wildman–Crippen LogP) is 1.59. The minimum Gasteiger partial charge on any atom is -0.365 e. The maximum absolute atomic E-state index is 4.51. The van der Waals surface area contributed by atoms with Gasteiger partial charge in [0.05, 0.1) is 0 Å². The highest BCUT2D eigenvalue weighted by Gasteiger charge is 2.24. The third-order valence-corrected chi connectivity index (χ3v) is 3.97. The highest BCUT2D eigenvalue weighted by atomic mass is 15.3. The van der Waals surface area contributed by atoms with E-state index in [0.29, 0.717) is 12.0 Å². The molecule has 0 aliphatic carbocycles. The van der Waals surface area contributed by atoms with Crippen molar-refractivity contribution < 1.29 is 0 Å². The number of rotatable bonds is 5. The molecule has 23 heavy (non-hydrogen) atoms. The van der Waals surface area contributed by atoms with Crippen molar-refractivity contribution in [2.24, 2.45) is 0 Å². The monoisotopic (exact) mass is 313 g/mol. The van der Waals surface area contributed by atoms with Crippen molar-refractivity contribution in [1.29, 1.82) is 0 Å². The lowest BCUT2D eigenvalue weighted by Gasteiger charge is -2.18. The van der Waals surface area contributed by atoms with Gasteiger partial charge in [-0.25, -0.2) is 15.0 Å². The molecule has 0 saturated carbocycles. The molecule has 0 spiro atoms. The zero-order valence-electron chi connectivity index (χ0n) is 13.9. The van der Waals surface area contributed by atoms with Gasteiger partial charge in [-0.2, -0.15) is 4.98 Å². The average Bonchev–Trinajstić information content (AvgIpc) is 3.03. The van der Waals surface area contributed by atoms with E-state index in [-0.39, 0.29) is 0 Å². The van der Waals surface area contributed by atoms with E-state index in [4.69, 9.17) is 0 Å². The summed E-state index contributed by atoms with van der Waals surface area (Å²) in [5.74, 6) is 2.38. The SMILES string of the molecule is CCc1cnc(N2CCC(Nc3ccnc(N(C)C)n3)C2)nc1. The molecule has 2 aromatic heterocycles. The van der Waals surface area contributed by atoms with Gasteiger partial charge in [0.1, 0.15) is 5.82 Å². The number of nitrogens with zero attached hydrogens (tertiary/aromatic N) is 6. The summed E-state index contributed by atoms with van der Waals surface area (Å²) in [5.41, 5.74) is 1.17. The van der Waals surface area contributed by atoms with Crippen LogP contribution in [-0.2, 0) is 6.42 Å². The fourth-order valence-corrected chi connectivity index (χ4v) is 2.61. The van der Waals surface area contributed by atoms with Crippen molar-refractivity contribution in [3.05, 3.63) is 30.2 Å². The Kier molecular flexibility index (Phi) is 4.55. The van der Waals surface area contributed by atoms with Crippen molar-refractivity contribution in [3.63, 3.8) is 0 Å². The maximum atomic E-state index is 4.51. The third kappa shape index (κ3) is 3.67. The van der Waals surface area contributed by atoms with Gasteiger partial charge >= 0.3 is 0 Å². The summed E-state index contributed by atoms with van der Waals surface area (Å²) in [6.45, 7) is 3.94. The van der Waals surface area contributed by atoms with Crippen molar-refractivity contribution in [2.75, 3.05) is 42.3 Å². The summed E-state index contributed by atoms with van der Waals surface area (Å²) in [6.07, 6.45) is 7.62. The van der Waals surface area contributed by atoms with Gasteiger partial charge in [-0.1, -0.05) is 6.92 Å². The smallest absolute Gasteiger partial charge is 0.226 e. The standard InChI is InChI=1S/C16H23N7/c1-4-12-9-18-15(19-10-12)23-8-6-13(11-23)20-14-5-7-17-16(21-14)22(2)3/h5,7,9-10,13H,4,6,8,11H2,1-3H3,(H,17,20,21). The summed E-state index contributed by atoms with van der Waals surface area (Å²) in [4.78, 5) is 21.8. The molecule has 7 nitrogen and oxygen atoms in total. The maximum Gasteiger partial charge on any atom is 0.226 e. The molecular weight excluding hydrogens is 290 g/mol. The molecule has 1 saturated heterocycles. The lowest BCUT2D eigenvalue weighted by Crippen LogP contribution is -2.27. The fourth-order valence-electron chi connectivity index (χ4n) is 2.61. The highest BCUT2D eigenvalue weighted by Crippen LogP contribution is 2.19. The Morgan fingerprint density at radius 2 is 2.04 bits per heavy atom. The van der Waals surface area contributed by atoms with E-state index < -0.39 is 0 Å². The van der Waals surface area contributed by atoms with Crippen LogP contribution in [0, 0.1) is 0 Å². The predicted molar refractivity (Wildman–Crippen MR) is 92.0 cm³/mol. The molecule has 0 bridgehead atoms. The molecule has 1 atom stereocenters. The minimum atomic E-state index is 0.342. The highest BCUT2D eigenvalue weighted by molar-refractivity contribution is 5.43. The van der Waals surface area contributed by atoms with Crippen molar-refractivity contribution in [3.8, 4) is 0 Å². The molecule has 3 heterocycles. The van der Waals surface area contributed by atoms with Crippen LogP contribution in [0.25, 0.3) is 0 Å². The summed E-state index contributed by atoms with van der Waals surface area (Å²) in [5, 5.41) is 3.48. The quantitative estimate of drug-likeness (QED) is 0.898. The lowest BCUT2D eigenvalue weighted by molar-refractivity contribution is 0.795. The first kappa shape index (κ1) is 15.5. The molecule has 0 aromatic carbocycles. The molecule has 1 aliphatic heterocycles. The Hall–Kier alpha value is -2.44. The Morgan fingerprint density at radius 1 is 1.26 bits per heavy atom. The molecule has 2 aromatic rings. The molecular formula is C16H23N7. The molecule has 0 radical (unpaired) electrons. The average molecular weight is 313 g/mol. The zero-order chi connectivity index (χ0) is 16.2. The zero-order valence-corrected chi connectivity index (χ0v) is 13.9. The normalized spacial score (nSPS) is 17.3. The van der Waals surface area contributed by atoms with E-state index in [1.807, 2.05) is 37.5 Å². The van der Waals surface area contributed by atoms with Gasteiger partial charge < -0.3 is 15.1 Å². The van der Waals surface area contributed by atoms with Crippen molar-refractivity contribution >= 4 is 17.7 Å². The Balaban J connectivity index is 1.62. The van der Waals surface area contributed by atoms with Crippen LogP contribution in [0.2, 0.25) is 0 Å². The topological polar surface area (TPSA) is 70.1 Å². The molecule has 1 unspecified atom stereocenters. The van der Waals surface area contributed by atoms with Crippen molar-refractivity contribution in [1.82, 2.24) is 19.9 Å². The van der Waals surface area contributed by atoms with Crippen LogP contribution in [0.1, 0.15) is 18.9 Å². The minimum absolute atomic E-state index is 0.342. The van der Waals surface area contributed by atoms with Gasteiger partial charge in [0.2, 0.25) is 11.9 Å². The van der Waals surface area contributed by atoms with E-state index in [2.05, 4.69) is 37.1 Å². The number of anilines is 3. The Labute approximate surface area is 136 Å². The molecule has 0 amide bonds. The van der Waals surface area contributed by atoms with Gasteiger partial charge in [-0.3, -0.25) is 0 Å². The van der Waals surface area contributed by atoms with E-state index in [9.17, 15) is 0 Å². The van der Waals surface area contributed by atoms with E-state index in [1.165, 1.54) is 5.56 Å². The fraction of sp³-hybridized carbons (Fsp3) is 0.500. The largest absolute Gasteiger partial charge is 0.365 e. The second-order valence-corrected chi connectivity index (χ2v) is 5.96. The van der Waals surface area contributed by atoms with Crippen molar-refractivity contribution in [2.45, 2.75) is 25.8 Å². The van der Waals surface area contributed by atoms with E-state index in [0.717, 1.165) is 37.7 Å². The number of nitrogens with one attached hydrogen (secondary N) is 1. The van der Waals surface area contributed by atoms with Crippen LogP contribution in [0.15, 0.2) is 24.7 Å². The molecule has 122 valence electrons. The number of aryl methyl sites for hydroxylation is 1. The molecule has 1 N–H and O–H groups in total. The van der Waals surface area contributed by atoms with Gasteiger partial charge in [-0.05, 0) is 24.5 Å². The first-order valence-corrected chi connectivity index (χ1v) is 7.98.